The first-order valence-electron chi connectivity index (χ1n) is 3.65. The van der Waals surface area contributed by atoms with Gasteiger partial charge in [-0.2, -0.15) is 5.26 Å². The van der Waals surface area contributed by atoms with E-state index in [1.165, 1.54) is 0 Å². The van der Waals surface area contributed by atoms with E-state index in [0.29, 0.717) is 5.56 Å². The lowest BCUT2D eigenvalue weighted by molar-refractivity contribution is 1.37. The highest BCUT2D eigenvalue weighted by molar-refractivity contribution is 5.79. The van der Waals surface area contributed by atoms with Gasteiger partial charge in [-0.25, -0.2) is 0 Å². The van der Waals surface area contributed by atoms with Crippen molar-refractivity contribution in [1.29, 1.82) is 5.26 Å². The van der Waals surface area contributed by atoms with Gasteiger partial charge in [-0.15, -0.1) is 0 Å². The van der Waals surface area contributed by atoms with Gasteiger partial charge in [-0.3, -0.25) is 4.98 Å². The van der Waals surface area contributed by atoms with Gasteiger partial charge < -0.3 is 0 Å². The van der Waals surface area contributed by atoms with Crippen molar-refractivity contribution >= 4 is 10.9 Å². The minimum absolute atomic E-state index is 0. The predicted molar refractivity (Wildman–Crippen MR) is 47.6 cm³/mol. The Morgan fingerprint density at radius 2 is 2.17 bits per heavy atom. The summed E-state index contributed by atoms with van der Waals surface area (Å²) in [5, 5.41) is 9.62. The number of nitrogens with zero attached hydrogens (tertiary/aromatic N) is 2. The molecule has 2 nitrogen and oxygen atoms in total. The van der Waals surface area contributed by atoms with Crippen LogP contribution in [-0.2, 0) is 0 Å². The van der Waals surface area contributed by atoms with E-state index in [-0.39, 0.29) is 1.43 Å². The standard InChI is InChI=1S/C10H6N2/c11-6-8-5-9-3-1-2-4-10(9)12-7-8/h1-5,7H/p+1. The second kappa shape index (κ2) is 2.63. The van der Waals surface area contributed by atoms with Crippen molar-refractivity contribution in [3.8, 4) is 6.07 Å². The summed E-state index contributed by atoms with van der Waals surface area (Å²) in [7, 11) is 0. The molecular formula is C10H7N2+. The maximum atomic E-state index is 8.61. The van der Waals surface area contributed by atoms with Crippen molar-refractivity contribution < 1.29 is 1.43 Å². The second-order valence-corrected chi connectivity index (χ2v) is 2.53. The maximum Gasteiger partial charge on any atom is 1.00 e. The van der Waals surface area contributed by atoms with Crippen molar-refractivity contribution in [2.24, 2.45) is 0 Å². The van der Waals surface area contributed by atoms with E-state index in [2.05, 4.69) is 11.1 Å². The van der Waals surface area contributed by atoms with Gasteiger partial charge in [-0.1, -0.05) is 18.2 Å². The third kappa shape index (κ3) is 1.02. The first-order chi connectivity index (χ1) is 5.90. The monoisotopic (exact) mass is 155 g/mol. The van der Waals surface area contributed by atoms with E-state index < -0.39 is 0 Å². The number of nitriles is 1. The van der Waals surface area contributed by atoms with E-state index >= 15 is 0 Å². The van der Waals surface area contributed by atoms with Gasteiger partial charge in [0.2, 0.25) is 0 Å². The Bertz CT molecular complexity index is 460. The van der Waals surface area contributed by atoms with Gasteiger partial charge in [0.25, 0.3) is 0 Å². The molecule has 0 saturated carbocycles. The van der Waals surface area contributed by atoms with Crippen LogP contribution in [0.15, 0.2) is 36.5 Å². The smallest absolute Gasteiger partial charge is 0.255 e. The van der Waals surface area contributed by atoms with Crippen LogP contribution >= 0.6 is 0 Å². The summed E-state index contributed by atoms with van der Waals surface area (Å²) < 4.78 is 0. The van der Waals surface area contributed by atoms with E-state index in [9.17, 15) is 0 Å². The molecule has 1 aromatic heterocycles. The van der Waals surface area contributed by atoms with Gasteiger partial charge >= 0.3 is 1.43 Å². The molecule has 0 spiro atoms. The fourth-order valence-corrected chi connectivity index (χ4v) is 1.13. The highest BCUT2D eigenvalue weighted by atomic mass is 14.6. The number of hydrogen-bond donors (Lipinski definition) is 0. The molecule has 0 atom stereocenters. The molecule has 0 radical (unpaired) electrons. The van der Waals surface area contributed by atoms with Crippen molar-refractivity contribution in [3.05, 3.63) is 42.1 Å². The predicted octanol–water partition coefficient (Wildman–Crippen LogP) is 2.22. The molecule has 0 unspecified atom stereocenters. The average molecular weight is 155 g/mol. The highest BCUT2D eigenvalue weighted by Gasteiger charge is 1.94. The minimum Gasteiger partial charge on any atom is -0.255 e. The first kappa shape index (κ1) is 6.81. The molecule has 0 aliphatic heterocycles. The van der Waals surface area contributed by atoms with Crippen LogP contribution in [0.2, 0.25) is 0 Å². The fourth-order valence-electron chi connectivity index (χ4n) is 1.13. The van der Waals surface area contributed by atoms with E-state index in [1.54, 1.807) is 6.20 Å². The quantitative estimate of drug-likeness (QED) is 0.584. The summed E-state index contributed by atoms with van der Waals surface area (Å²) in [6.45, 7) is 0. The largest absolute Gasteiger partial charge is 1.00 e. The SMILES string of the molecule is N#Cc1cnc2ccccc2c1.[H+]. The summed E-state index contributed by atoms with van der Waals surface area (Å²) in [5.41, 5.74) is 1.53. The molecule has 0 amide bonds. The number of para-hydroxylation sites is 1. The van der Waals surface area contributed by atoms with Gasteiger partial charge in [0.05, 0.1) is 11.1 Å². The number of aromatic nitrogens is 1. The number of rotatable bonds is 0. The lowest BCUT2D eigenvalue weighted by Gasteiger charge is -1.94. The summed E-state index contributed by atoms with van der Waals surface area (Å²) in [5.74, 6) is 0. The van der Waals surface area contributed by atoms with Crippen molar-refractivity contribution in [3.63, 3.8) is 0 Å². The Labute approximate surface area is 71.6 Å². The zero-order valence-corrected chi connectivity index (χ0v) is 6.36. The third-order valence-electron chi connectivity index (χ3n) is 1.72. The molecule has 0 aliphatic rings. The second-order valence-electron chi connectivity index (χ2n) is 2.53. The molecule has 2 rings (SSSR count). The molecular weight excluding hydrogens is 148 g/mol. The first-order valence-corrected chi connectivity index (χ1v) is 3.65. The van der Waals surface area contributed by atoms with Gasteiger partial charge in [0, 0.05) is 11.6 Å². The van der Waals surface area contributed by atoms with Gasteiger partial charge in [-0.05, 0) is 12.1 Å². The molecule has 2 heteroatoms. The van der Waals surface area contributed by atoms with Crippen LogP contribution in [0.4, 0.5) is 0 Å². The molecule has 1 heterocycles. The number of hydrogen-bond acceptors (Lipinski definition) is 2. The number of benzene rings is 1. The Balaban J connectivity index is 0.000000845. The topological polar surface area (TPSA) is 36.7 Å². The van der Waals surface area contributed by atoms with E-state index in [4.69, 9.17) is 5.26 Å². The maximum absolute atomic E-state index is 8.61. The van der Waals surface area contributed by atoms with Crippen LogP contribution in [0.1, 0.15) is 6.99 Å². The zero-order chi connectivity index (χ0) is 8.39. The molecule has 0 bridgehead atoms. The molecule has 0 aliphatic carbocycles. The van der Waals surface area contributed by atoms with Gasteiger partial charge in [0.15, 0.2) is 0 Å². The van der Waals surface area contributed by atoms with Crippen LogP contribution in [0, 0.1) is 11.3 Å². The number of fused-ring (bicyclic) bond motifs is 1. The van der Waals surface area contributed by atoms with E-state index in [0.717, 1.165) is 10.9 Å². The van der Waals surface area contributed by atoms with Crippen LogP contribution < -0.4 is 0 Å². The lowest BCUT2D eigenvalue weighted by atomic mass is 10.2. The molecule has 12 heavy (non-hydrogen) atoms. The van der Waals surface area contributed by atoms with Crippen molar-refractivity contribution in [2.45, 2.75) is 0 Å². The fraction of sp³-hybridized carbons (Fsp3) is 0. The molecule has 56 valence electrons. The Hall–Kier alpha value is -1.88. The van der Waals surface area contributed by atoms with Crippen LogP contribution in [0.3, 0.4) is 0 Å². The van der Waals surface area contributed by atoms with Crippen LogP contribution in [0.25, 0.3) is 10.9 Å². The Morgan fingerprint density at radius 3 is 3.00 bits per heavy atom. The van der Waals surface area contributed by atoms with Crippen LogP contribution in [0.5, 0.6) is 0 Å². The Kier molecular flexibility index (Phi) is 1.49. The molecule has 1 aromatic carbocycles. The van der Waals surface area contributed by atoms with Gasteiger partial charge in [0.1, 0.15) is 6.07 Å². The van der Waals surface area contributed by atoms with Crippen LogP contribution in [-0.4, -0.2) is 4.98 Å². The molecule has 0 N–H and O–H groups in total. The van der Waals surface area contributed by atoms with Crippen molar-refractivity contribution in [1.82, 2.24) is 4.98 Å². The molecule has 0 saturated heterocycles. The normalized spacial score (nSPS) is 9.58. The minimum atomic E-state index is 0. The third-order valence-corrected chi connectivity index (χ3v) is 1.72. The highest BCUT2D eigenvalue weighted by Crippen LogP contribution is 2.11. The molecule has 0 fully saturated rings. The number of pyridine rings is 1. The molecule has 2 aromatic rings. The summed E-state index contributed by atoms with van der Waals surface area (Å²) in [4.78, 5) is 4.13. The van der Waals surface area contributed by atoms with E-state index in [1.807, 2.05) is 30.3 Å². The Morgan fingerprint density at radius 1 is 1.33 bits per heavy atom. The summed E-state index contributed by atoms with van der Waals surface area (Å²) in [6.07, 6.45) is 1.59. The zero-order valence-electron chi connectivity index (χ0n) is 7.36. The van der Waals surface area contributed by atoms with Crippen molar-refractivity contribution in [2.75, 3.05) is 0 Å². The summed E-state index contributed by atoms with van der Waals surface area (Å²) in [6, 6.07) is 11.6. The average Bonchev–Trinajstić information content (AvgIpc) is 2.17. The lowest BCUT2D eigenvalue weighted by Crippen LogP contribution is -1.80. The summed E-state index contributed by atoms with van der Waals surface area (Å²) >= 11 is 0.